The van der Waals surface area contributed by atoms with Gasteiger partial charge in [-0.25, -0.2) is 0 Å². The Morgan fingerprint density at radius 3 is 3.00 bits per heavy atom. The Labute approximate surface area is 147 Å². The van der Waals surface area contributed by atoms with Gasteiger partial charge in [0.1, 0.15) is 5.69 Å². The monoisotopic (exact) mass is 350 g/mol. The highest BCUT2D eigenvalue weighted by Gasteiger charge is 2.12. The van der Waals surface area contributed by atoms with Gasteiger partial charge in [0, 0.05) is 18.8 Å². The zero-order valence-corrected chi connectivity index (χ0v) is 13.9. The molecule has 0 bridgehead atoms. The van der Waals surface area contributed by atoms with E-state index in [1.807, 2.05) is 29.6 Å². The van der Waals surface area contributed by atoms with Crippen molar-refractivity contribution < 1.29 is 9.21 Å². The van der Waals surface area contributed by atoms with E-state index >= 15 is 0 Å². The minimum atomic E-state index is -0.247. The molecule has 4 aromatic heterocycles. The number of carbonyl (C=O) groups is 1. The van der Waals surface area contributed by atoms with Crippen LogP contribution in [0.25, 0.3) is 22.0 Å². The highest BCUT2D eigenvalue weighted by atomic mass is 32.1. The molecule has 0 atom stereocenters. The van der Waals surface area contributed by atoms with Gasteiger partial charge in [0.15, 0.2) is 11.5 Å². The molecule has 0 aromatic carbocycles. The van der Waals surface area contributed by atoms with Gasteiger partial charge < -0.3 is 9.73 Å². The van der Waals surface area contributed by atoms with E-state index in [0.717, 1.165) is 16.1 Å². The van der Waals surface area contributed by atoms with Crippen molar-refractivity contribution in [1.29, 1.82) is 0 Å². The van der Waals surface area contributed by atoms with Crippen LogP contribution in [0.15, 0.2) is 64.7 Å². The summed E-state index contributed by atoms with van der Waals surface area (Å²) < 4.78 is 5.28. The molecule has 0 saturated carbocycles. The Hall–Kier alpha value is -3.19. The van der Waals surface area contributed by atoms with E-state index in [4.69, 9.17) is 4.42 Å². The Morgan fingerprint density at radius 2 is 2.20 bits per heavy atom. The summed E-state index contributed by atoms with van der Waals surface area (Å²) in [6, 6.07) is 13.1. The first-order chi connectivity index (χ1) is 12.3. The maximum Gasteiger partial charge on any atom is 0.272 e. The van der Waals surface area contributed by atoms with E-state index in [2.05, 4.69) is 20.5 Å². The largest absolute Gasteiger partial charge is 0.463 e. The van der Waals surface area contributed by atoms with Crippen LogP contribution in [0.5, 0.6) is 0 Å². The molecule has 4 aromatic rings. The van der Waals surface area contributed by atoms with Gasteiger partial charge in [-0.05, 0) is 41.3 Å². The van der Waals surface area contributed by atoms with Crippen molar-refractivity contribution in [2.75, 3.05) is 0 Å². The highest BCUT2D eigenvalue weighted by molar-refractivity contribution is 7.13. The van der Waals surface area contributed by atoms with Crippen LogP contribution >= 0.6 is 11.3 Å². The van der Waals surface area contributed by atoms with E-state index < -0.39 is 0 Å². The first kappa shape index (κ1) is 15.3. The lowest BCUT2D eigenvalue weighted by molar-refractivity contribution is 0.0946. The summed E-state index contributed by atoms with van der Waals surface area (Å²) in [5.41, 5.74) is 2.87. The summed E-state index contributed by atoms with van der Waals surface area (Å²) in [5.74, 6) is 0.393. The minimum absolute atomic E-state index is 0.247. The fraction of sp³-hybridized carbons (Fsp3) is 0.0556. The van der Waals surface area contributed by atoms with Gasteiger partial charge in [-0.1, -0.05) is 6.07 Å². The van der Waals surface area contributed by atoms with Crippen LogP contribution in [0.2, 0.25) is 0 Å². The molecule has 0 fully saturated rings. The number of pyridine rings is 1. The van der Waals surface area contributed by atoms with Gasteiger partial charge in [0.2, 0.25) is 0 Å². The van der Waals surface area contributed by atoms with E-state index in [1.165, 1.54) is 0 Å². The number of aromatic nitrogens is 3. The van der Waals surface area contributed by atoms with Crippen molar-refractivity contribution in [3.8, 4) is 22.0 Å². The van der Waals surface area contributed by atoms with E-state index in [0.29, 0.717) is 23.7 Å². The average molecular weight is 350 g/mol. The number of amides is 1. The van der Waals surface area contributed by atoms with Gasteiger partial charge in [0.05, 0.1) is 16.8 Å². The van der Waals surface area contributed by atoms with Crippen molar-refractivity contribution in [3.63, 3.8) is 0 Å². The molecule has 4 heterocycles. The summed E-state index contributed by atoms with van der Waals surface area (Å²) in [6.07, 6.45) is 3.32. The lowest BCUT2D eigenvalue weighted by Gasteiger charge is -2.05. The predicted molar refractivity (Wildman–Crippen MR) is 95.0 cm³/mol. The van der Waals surface area contributed by atoms with Crippen molar-refractivity contribution in [3.05, 3.63) is 71.6 Å². The van der Waals surface area contributed by atoms with Gasteiger partial charge in [-0.2, -0.15) is 5.10 Å². The van der Waals surface area contributed by atoms with E-state index in [9.17, 15) is 4.79 Å². The van der Waals surface area contributed by atoms with E-state index in [-0.39, 0.29) is 5.91 Å². The lowest BCUT2D eigenvalue weighted by Crippen LogP contribution is -2.23. The molecular weight excluding hydrogens is 336 g/mol. The second-order valence-corrected chi connectivity index (χ2v) is 6.30. The third-order valence-electron chi connectivity index (χ3n) is 3.65. The molecule has 0 aliphatic heterocycles. The molecule has 0 aliphatic carbocycles. The highest BCUT2D eigenvalue weighted by Crippen LogP contribution is 2.23. The van der Waals surface area contributed by atoms with Crippen LogP contribution in [0.4, 0.5) is 0 Å². The van der Waals surface area contributed by atoms with Crippen LogP contribution in [0, 0.1) is 0 Å². The zero-order chi connectivity index (χ0) is 17.1. The Morgan fingerprint density at radius 1 is 1.24 bits per heavy atom. The quantitative estimate of drug-likeness (QED) is 0.574. The standard InChI is InChI=1S/C18H14N4O2S/c23-18(15-10-13(21-22-15)16-3-1-7-24-16)20-11-12-5-6-19-14(9-12)17-4-2-8-25-17/h1-10H,11H2,(H,20,23)(H,21,22). The summed E-state index contributed by atoms with van der Waals surface area (Å²) in [6.45, 7) is 0.405. The minimum Gasteiger partial charge on any atom is -0.463 e. The van der Waals surface area contributed by atoms with Gasteiger partial charge in [-0.15, -0.1) is 11.3 Å². The number of rotatable bonds is 5. The van der Waals surface area contributed by atoms with Crippen LogP contribution in [0.1, 0.15) is 16.1 Å². The number of nitrogens with one attached hydrogen (secondary N) is 2. The first-order valence-electron chi connectivity index (χ1n) is 7.66. The van der Waals surface area contributed by atoms with Crippen LogP contribution in [0.3, 0.4) is 0 Å². The Kier molecular flexibility index (Phi) is 4.14. The predicted octanol–water partition coefficient (Wildman–Crippen LogP) is 3.72. The molecule has 0 saturated heterocycles. The van der Waals surface area contributed by atoms with Crippen LogP contribution in [-0.4, -0.2) is 21.1 Å². The van der Waals surface area contributed by atoms with Crippen molar-refractivity contribution >= 4 is 17.2 Å². The molecular formula is C18H14N4O2S. The fourth-order valence-corrected chi connectivity index (χ4v) is 3.11. The molecule has 0 aliphatic rings. The number of thiophene rings is 1. The third-order valence-corrected chi connectivity index (χ3v) is 4.54. The number of furan rings is 1. The van der Waals surface area contributed by atoms with Gasteiger partial charge in [-0.3, -0.25) is 14.9 Å². The third kappa shape index (κ3) is 3.36. The molecule has 7 heteroatoms. The lowest BCUT2D eigenvalue weighted by atomic mass is 10.2. The Balaban J connectivity index is 1.43. The molecule has 0 radical (unpaired) electrons. The number of carbonyl (C=O) groups excluding carboxylic acids is 1. The molecule has 124 valence electrons. The van der Waals surface area contributed by atoms with Crippen LogP contribution in [-0.2, 0) is 6.54 Å². The molecule has 1 amide bonds. The number of H-pyrrole nitrogens is 1. The summed E-state index contributed by atoms with van der Waals surface area (Å²) in [4.78, 5) is 17.7. The second kappa shape index (κ2) is 6.74. The summed E-state index contributed by atoms with van der Waals surface area (Å²) >= 11 is 1.63. The molecule has 6 nitrogen and oxygen atoms in total. The maximum absolute atomic E-state index is 12.3. The summed E-state index contributed by atoms with van der Waals surface area (Å²) in [5, 5.41) is 11.7. The first-order valence-corrected chi connectivity index (χ1v) is 8.54. The van der Waals surface area contributed by atoms with Crippen molar-refractivity contribution in [2.24, 2.45) is 0 Å². The molecule has 0 spiro atoms. The number of aromatic amines is 1. The SMILES string of the molecule is O=C(NCc1ccnc(-c2cccs2)c1)c1cc(-c2ccco2)[nH]n1. The van der Waals surface area contributed by atoms with Crippen LogP contribution < -0.4 is 5.32 Å². The Bertz CT molecular complexity index is 974. The smallest absolute Gasteiger partial charge is 0.272 e. The number of hydrogen-bond donors (Lipinski definition) is 2. The number of hydrogen-bond acceptors (Lipinski definition) is 5. The van der Waals surface area contributed by atoms with Crippen molar-refractivity contribution in [2.45, 2.75) is 6.54 Å². The molecule has 25 heavy (non-hydrogen) atoms. The second-order valence-electron chi connectivity index (χ2n) is 5.35. The average Bonchev–Trinajstić information content (AvgIpc) is 3.41. The molecule has 2 N–H and O–H groups in total. The van der Waals surface area contributed by atoms with Crippen molar-refractivity contribution in [1.82, 2.24) is 20.5 Å². The van der Waals surface area contributed by atoms with Gasteiger partial charge in [0.25, 0.3) is 5.91 Å². The van der Waals surface area contributed by atoms with Gasteiger partial charge >= 0.3 is 0 Å². The molecule has 0 unspecified atom stereocenters. The maximum atomic E-state index is 12.3. The number of nitrogens with zero attached hydrogens (tertiary/aromatic N) is 2. The summed E-state index contributed by atoms with van der Waals surface area (Å²) in [7, 11) is 0. The fourth-order valence-electron chi connectivity index (χ4n) is 2.41. The molecule has 4 rings (SSSR count). The topological polar surface area (TPSA) is 83.8 Å². The normalized spacial score (nSPS) is 10.7. The zero-order valence-electron chi connectivity index (χ0n) is 13.1. The van der Waals surface area contributed by atoms with E-state index in [1.54, 1.807) is 42.0 Å².